The lowest BCUT2D eigenvalue weighted by molar-refractivity contribution is 0.945. The molecule has 5 heteroatoms. The highest BCUT2D eigenvalue weighted by Crippen LogP contribution is 2.29. The molecule has 0 atom stereocenters. The molecule has 5 nitrogen and oxygen atoms in total. The summed E-state index contributed by atoms with van der Waals surface area (Å²) in [5.41, 5.74) is 11.8. The van der Waals surface area contributed by atoms with Crippen molar-refractivity contribution in [1.29, 1.82) is 0 Å². The van der Waals surface area contributed by atoms with Gasteiger partial charge in [0, 0.05) is 19.7 Å². The highest BCUT2D eigenvalue weighted by atomic mass is 15.1. The van der Waals surface area contributed by atoms with Crippen molar-refractivity contribution in [1.82, 2.24) is 19.1 Å². The molecule has 0 unspecified atom stereocenters. The number of fused-ring (bicyclic) bond motifs is 2. The van der Waals surface area contributed by atoms with Gasteiger partial charge in [0.25, 0.3) is 0 Å². The molecule has 0 spiro atoms. The lowest BCUT2D eigenvalue weighted by Gasteiger charge is -2.05. The van der Waals surface area contributed by atoms with Crippen LogP contribution in [0, 0.1) is 0 Å². The van der Waals surface area contributed by atoms with Crippen LogP contribution in [0.3, 0.4) is 0 Å². The molecule has 2 aromatic carbocycles. The Kier molecular flexibility index (Phi) is 2.33. The van der Waals surface area contributed by atoms with E-state index in [0.29, 0.717) is 5.69 Å². The van der Waals surface area contributed by atoms with Gasteiger partial charge in [-0.25, -0.2) is 9.97 Å². The van der Waals surface area contributed by atoms with Crippen molar-refractivity contribution in [2.24, 2.45) is 14.1 Å². The van der Waals surface area contributed by atoms with Crippen LogP contribution < -0.4 is 5.73 Å². The van der Waals surface area contributed by atoms with E-state index in [1.54, 1.807) is 6.33 Å². The van der Waals surface area contributed by atoms with Crippen LogP contribution in [0.2, 0.25) is 0 Å². The molecule has 2 heterocycles. The minimum Gasteiger partial charge on any atom is -0.397 e. The maximum absolute atomic E-state index is 6.14. The summed E-state index contributed by atoms with van der Waals surface area (Å²) in [7, 11) is 3.99. The number of para-hydroxylation sites is 2. The number of anilines is 1. The van der Waals surface area contributed by atoms with Crippen molar-refractivity contribution < 1.29 is 0 Å². The fourth-order valence-corrected chi connectivity index (χ4v) is 2.79. The molecule has 21 heavy (non-hydrogen) atoms. The molecule has 4 aromatic rings. The van der Waals surface area contributed by atoms with Gasteiger partial charge in [-0.1, -0.05) is 12.1 Å². The first-order valence-electron chi connectivity index (χ1n) is 6.77. The smallest absolute Gasteiger partial charge is 0.141 e. The van der Waals surface area contributed by atoms with Crippen LogP contribution in [0.4, 0.5) is 5.69 Å². The first-order chi connectivity index (χ1) is 10.1. The molecule has 4 rings (SSSR count). The van der Waals surface area contributed by atoms with Gasteiger partial charge in [0.2, 0.25) is 0 Å². The molecule has 0 saturated heterocycles. The summed E-state index contributed by atoms with van der Waals surface area (Å²) < 4.78 is 4.06. The van der Waals surface area contributed by atoms with E-state index < -0.39 is 0 Å². The molecule has 0 radical (unpaired) electrons. The molecule has 0 saturated carbocycles. The number of hydrogen-bond acceptors (Lipinski definition) is 3. The number of imidazole rings is 2. The third-order valence-electron chi connectivity index (χ3n) is 3.90. The van der Waals surface area contributed by atoms with Crippen molar-refractivity contribution in [2.75, 3.05) is 5.73 Å². The van der Waals surface area contributed by atoms with E-state index in [1.165, 1.54) is 0 Å². The topological polar surface area (TPSA) is 61.7 Å². The molecule has 0 aliphatic carbocycles. The Morgan fingerprint density at radius 3 is 2.67 bits per heavy atom. The third-order valence-corrected chi connectivity index (χ3v) is 3.90. The van der Waals surface area contributed by atoms with E-state index in [0.717, 1.165) is 33.5 Å². The molecule has 2 aromatic heterocycles. The van der Waals surface area contributed by atoms with Gasteiger partial charge in [0.15, 0.2) is 0 Å². The van der Waals surface area contributed by atoms with Crippen LogP contribution in [0.5, 0.6) is 0 Å². The Balaban J connectivity index is 2.04. The minimum absolute atomic E-state index is 0.676. The summed E-state index contributed by atoms with van der Waals surface area (Å²) >= 11 is 0. The highest BCUT2D eigenvalue weighted by molar-refractivity contribution is 5.92. The average molecular weight is 277 g/mol. The van der Waals surface area contributed by atoms with Gasteiger partial charge in [-0.15, -0.1) is 0 Å². The quantitative estimate of drug-likeness (QED) is 0.544. The van der Waals surface area contributed by atoms with E-state index in [1.807, 2.05) is 42.9 Å². The first kappa shape index (κ1) is 12.0. The molecule has 0 fully saturated rings. The normalized spacial score (nSPS) is 11.5. The lowest BCUT2D eigenvalue weighted by Crippen LogP contribution is -1.95. The number of hydrogen-bond donors (Lipinski definition) is 1. The van der Waals surface area contributed by atoms with Crippen molar-refractivity contribution in [2.45, 2.75) is 0 Å². The minimum atomic E-state index is 0.676. The summed E-state index contributed by atoms with van der Waals surface area (Å²) in [4.78, 5) is 9.05. The standard InChI is InChI=1S/C16H15N5/c1-20-9-18-15-11(17)7-10(8-14(15)20)16-19-12-5-3-4-6-13(12)21(16)2/h3-9H,17H2,1-2H3. The lowest BCUT2D eigenvalue weighted by atomic mass is 10.1. The first-order valence-corrected chi connectivity index (χ1v) is 6.77. The number of aryl methyl sites for hydroxylation is 2. The van der Waals surface area contributed by atoms with Crippen LogP contribution in [-0.2, 0) is 14.1 Å². The van der Waals surface area contributed by atoms with Crippen molar-refractivity contribution in [3.05, 3.63) is 42.7 Å². The van der Waals surface area contributed by atoms with Gasteiger partial charge in [-0.3, -0.25) is 0 Å². The van der Waals surface area contributed by atoms with E-state index in [9.17, 15) is 0 Å². The summed E-state index contributed by atoms with van der Waals surface area (Å²) in [6, 6.07) is 12.1. The van der Waals surface area contributed by atoms with Gasteiger partial charge < -0.3 is 14.9 Å². The highest BCUT2D eigenvalue weighted by Gasteiger charge is 2.13. The molecular formula is C16H15N5. The number of rotatable bonds is 1. The number of aromatic nitrogens is 4. The zero-order chi connectivity index (χ0) is 14.6. The predicted molar refractivity (Wildman–Crippen MR) is 84.8 cm³/mol. The van der Waals surface area contributed by atoms with Crippen LogP contribution >= 0.6 is 0 Å². The fraction of sp³-hybridized carbons (Fsp3) is 0.125. The van der Waals surface area contributed by atoms with E-state index >= 15 is 0 Å². The molecule has 0 amide bonds. The molecule has 104 valence electrons. The molecule has 0 aliphatic rings. The van der Waals surface area contributed by atoms with Crippen molar-refractivity contribution >= 4 is 27.8 Å². The zero-order valence-electron chi connectivity index (χ0n) is 11.9. The number of nitrogens with zero attached hydrogens (tertiary/aromatic N) is 4. The van der Waals surface area contributed by atoms with E-state index in [4.69, 9.17) is 10.7 Å². The van der Waals surface area contributed by atoms with Crippen LogP contribution in [0.1, 0.15) is 0 Å². The predicted octanol–water partition coefficient (Wildman–Crippen LogP) is 2.71. The average Bonchev–Trinajstić information content (AvgIpc) is 3.02. The zero-order valence-corrected chi connectivity index (χ0v) is 11.9. The van der Waals surface area contributed by atoms with Gasteiger partial charge in [-0.05, 0) is 24.3 Å². The van der Waals surface area contributed by atoms with Gasteiger partial charge >= 0.3 is 0 Å². The molecule has 0 bridgehead atoms. The summed E-state index contributed by atoms with van der Waals surface area (Å²) in [6.07, 6.45) is 1.78. The van der Waals surface area contributed by atoms with E-state index in [-0.39, 0.29) is 0 Å². The molecule has 0 aliphatic heterocycles. The second kappa shape index (κ2) is 4.09. The monoisotopic (exact) mass is 277 g/mol. The van der Waals surface area contributed by atoms with Crippen LogP contribution in [-0.4, -0.2) is 19.1 Å². The van der Waals surface area contributed by atoms with Gasteiger partial charge in [-0.2, -0.15) is 0 Å². The van der Waals surface area contributed by atoms with Crippen molar-refractivity contribution in [3.8, 4) is 11.4 Å². The summed E-state index contributed by atoms with van der Waals surface area (Å²) in [5, 5.41) is 0. The van der Waals surface area contributed by atoms with Gasteiger partial charge in [0.1, 0.15) is 11.3 Å². The Morgan fingerprint density at radius 2 is 1.86 bits per heavy atom. The maximum Gasteiger partial charge on any atom is 0.141 e. The largest absolute Gasteiger partial charge is 0.397 e. The second-order valence-corrected chi connectivity index (χ2v) is 5.27. The fourth-order valence-electron chi connectivity index (χ4n) is 2.79. The van der Waals surface area contributed by atoms with Crippen LogP contribution in [0.15, 0.2) is 42.7 Å². The third kappa shape index (κ3) is 1.64. The van der Waals surface area contributed by atoms with Gasteiger partial charge in [0.05, 0.1) is 28.6 Å². The number of benzene rings is 2. The SMILES string of the molecule is Cn1cnc2c(N)cc(-c3nc4ccccc4n3C)cc21. The Bertz CT molecular complexity index is 977. The van der Waals surface area contributed by atoms with E-state index in [2.05, 4.69) is 21.7 Å². The Labute approximate surface area is 121 Å². The maximum atomic E-state index is 6.14. The molecular weight excluding hydrogens is 262 g/mol. The van der Waals surface area contributed by atoms with Crippen LogP contribution in [0.25, 0.3) is 33.5 Å². The Hall–Kier alpha value is -2.82. The summed E-state index contributed by atoms with van der Waals surface area (Å²) in [6.45, 7) is 0. The number of nitrogen functional groups attached to an aromatic ring is 1. The second-order valence-electron chi connectivity index (χ2n) is 5.27. The number of nitrogens with two attached hydrogens (primary N) is 1. The van der Waals surface area contributed by atoms with Crippen molar-refractivity contribution in [3.63, 3.8) is 0 Å². The molecule has 2 N–H and O–H groups in total. The Morgan fingerprint density at radius 1 is 1.05 bits per heavy atom. The summed E-state index contributed by atoms with van der Waals surface area (Å²) in [5.74, 6) is 0.908.